The van der Waals surface area contributed by atoms with Crippen LogP contribution in [0.4, 0.5) is 0 Å². The summed E-state index contributed by atoms with van der Waals surface area (Å²) in [7, 11) is -3.48. The van der Waals surface area contributed by atoms with Gasteiger partial charge in [-0.2, -0.15) is 9.61 Å². The number of sulfonamides is 1. The molecule has 0 aliphatic heterocycles. The number of hydrogen-bond donors (Lipinski definition) is 1. The van der Waals surface area contributed by atoms with Crippen LogP contribution in [-0.2, 0) is 16.4 Å². The third-order valence-electron chi connectivity index (χ3n) is 5.72. The zero-order valence-corrected chi connectivity index (χ0v) is 18.4. The van der Waals surface area contributed by atoms with E-state index in [2.05, 4.69) is 26.0 Å². The van der Waals surface area contributed by atoms with Crippen molar-refractivity contribution in [3.63, 3.8) is 0 Å². The van der Waals surface area contributed by atoms with E-state index in [1.165, 1.54) is 0 Å². The van der Waals surface area contributed by atoms with E-state index >= 15 is 0 Å². The summed E-state index contributed by atoms with van der Waals surface area (Å²) in [6.07, 6.45) is 4.16. The topological polar surface area (TPSA) is 102 Å². The van der Waals surface area contributed by atoms with Gasteiger partial charge in [-0.15, -0.1) is 10.2 Å². The quantitative estimate of drug-likeness (QED) is 0.420. The van der Waals surface area contributed by atoms with Crippen LogP contribution in [0.15, 0.2) is 77.8 Å². The van der Waals surface area contributed by atoms with Gasteiger partial charge < -0.3 is 0 Å². The summed E-state index contributed by atoms with van der Waals surface area (Å²) in [6, 6.07) is 20.7. The zero-order chi connectivity index (χ0) is 22.4. The monoisotopic (exact) mass is 456 g/mol. The van der Waals surface area contributed by atoms with Crippen molar-refractivity contribution < 1.29 is 8.42 Å². The van der Waals surface area contributed by atoms with Crippen molar-refractivity contribution in [2.24, 2.45) is 0 Å². The minimum Gasteiger partial charge on any atom is -0.256 e. The highest BCUT2D eigenvalue weighted by Crippen LogP contribution is 2.24. The number of nitrogens with one attached hydrogen (secondary N) is 1. The molecular weight excluding hydrogens is 436 g/mol. The molecule has 33 heavy (non-hydrogen) atoms. The normalized spacial score (nSPS) is 14.2. The molecule has 1 fully saturated rings. The third kappa shape index (κ3) is 3.96. The van der Waals surface area contributed by atoms with Crippen LogP contribution in [-0.4, -0.2) is 39.3 Å². The van der Waals surface area contributed by atoms with Crippen molar-refractivity contribution in [2.45, 2.75) is 30.2 Å². The predicted octanol–water partition coefficient (Wildman–Crippen LogP) is 3.37. The fraction of sp³-hybridized carbons (Fsp3) is 0.167. The minimum absolute atomic E-state index is 0.0739. The lowest BCUT2D eigenvalue weighted by Crippen LogP contribution is -2.25. The molecule has 0 unspecified atom stereocenters. The molecule has 164 valence electrons. The van der Waals surface area contributed by atoms with Crippen LogP contribution in [0.25, 0.3) is 27.8 Å². The summed E-state index contributed by atoms with van der Waals surface area (Å²) < 4.78 is 29.3. The van der Waals surface area contributed by atoms with Gasteiger partial charge in [0.25, 0.3) is 0 Å². The van der Waals surface area contributed by atoms with Gasteiger partial charge in [0.2, 0.25) is 10.0 Å². The molecule has 2 aromatic carbocycles. The van der Waals surface area contributed by atoms with Gasteiger partial charge in [0.05, 0.1) is 16.1 Å². The first-order valence-electron chi connectivity index (χ1n) is 10.7. The molecule has 0 radical (unpaired) electrons. The van der Waals surface area contributed by atoms with Crippen LogP contribution in [0, 0.1) is 0 Å². The highest BCUT2D eigenvalue weighted by molar-refractivity contribution is 7.89. The number of fused-ring (bicyclic) bond motifs is 2. The summed E-state index contributed by atoms with van der Waals surface area (Å²) in [4.78, 5) is 4.62. The molecule has 6 rings (SSSR count). The van der Waals surface area contributed by atoms with E-state index in [1.807, 2.05) is 36.4 Å². The van der Waals surface area contributed by atoms with Gasteiger partial charge in [0.15, 0.2) is 11.5 Å². The Labute approximate surface area is 190 Å². The van der Waals surface area contributed by atoms with Crippen LogP contribution < -0.4 is 4.72 Å². The summed E-state index contributed by atoms with van der Waals surface area (Å²) in [5.41, 5.74) is 4.23. The van der Waals surface area contributed by atoms with Crippen LogP contribution in [0.1, 0.15) is 24.2 Å². The molecule has 0 atom stereocenters. The summed E-state index contributed by atoms with van der Waals surface area (Å²) in [6.45, 7) is 0. The lowest BCUT2D eigenvalue weighted by molar-refractivity contribution is 0.581. The van der Waals surface area contributed by atoms with Gasteiger partial charge in [-0.3, -0.25) is 4.98 Å². The number of rotatable bonds is 6. The summed E-state index contributed by atoms with van der Waals surface area (Å²) in [5.74, 6) is 0.725. The highest BCUT2D eigenvalue weighted by Gasteiger charge is 2.27. The first kappa shape index (κ1) is 20.0. The second kappa shape index (κ2) is 7.72. The molecule has 0 spiro atoms. The number of nitrogens with zero attached hydrogens (tertiary/aromatic N) is 5. The van der Waals surface area contributed by atoms with Crippen molar-refractivity contribution in [1.82, 2.24) is 29.5 Å². The van der Waals surface area contributed by atoms with Gasteiger partial charge >= 0.3 is 0 Å². The Morgan fingerprint density at radius 3 is 2.64 bits per heavy atom. The van der Waals surface area contributed by atoms with E-state index < -0.39 is 10.0 Å². The van der Waals surface area contributed by atoms with Crippen molar-refractivity contribution >= 4 is 26.6 Å². The highest BCUT2D eigenvalue weighted by atomic mass is 32.2. The van der Waals surface area contributed by atoms with E-state index in [0.29, 0.717) is 17.8 Å². The maximum atomic E-state index is 12.4. The number of benzene rings is 2. The van der Waals surface area contributed by atoms with Crippen LogP contribution in [0.2, 0.25) is 0 Å². The fourth-order valence-electron chi connectivity index (χ4n) is 3.81. The van der Waals surface area contributed by atoms with Crippen LogP contribution >= 0.6 is 0 Å². The smallest absolute Gasteiger partial charge is 0.240 e. The second-order valence-corrected chi connectivity index (χ2v) is 9.95. The van der Waals surface area contributed by atoms with Crippen molar-refractivity contribution in [1.29, 1.82) is 0 Å². The van der Waals surface area contributed by atoms with Crippen LogP contribution in [0.5, 0.6) is 0 Å². The molecule has 3 aromatic heterocycles. The molecular formula is C24H20N6O2S. The molecule has 1 aliphatic rings. The van der Waals surface area contributed by atoms with E-state index in [-0.39, 0.29) is 10.9 Å². The fourth-order valence-corrected chi connectivity index (χ4v) is 5.11. The van der Waals surface area contributed by atoms with Gasteiger partial charge in [-0.1, -0.05) is 24.3 Å². The Morgan fingerprint density at radius 2 is 1.82 bits per heavy atom. The average Bonchev–Trinajstić information content (AvgIpc) is 3.56. The number of hydrogen-bond acceptors (Lipinski definition) is 6. The molecule has 1 N–H and O–H groups in total. The predicted molar refractivity (Wildman–Crippen MR) is 124 cm³/mol. The Hall–Kier alpha value is -3.69. The second-order valence-electron chi connectivity index (χ2n) is 8.23. The zero-order valence-electron chi connectivity index (χ0n) is 17.6. The molecule has 3 heterocycles. The van der Waals surface area contributed by atoms with E-state index in [0.717, 1.165) is 40.7 Å². The van der Waals surface area contributed by atoms with Gasteiger partial charge in [0.1, 0.15) is 0 Å². The molecule has 8 nitrogen and oxygen atoms in total. The largest absolute Gasteiger partial charge is 0.256 e. The first-order chi connectivity index (χ1) is 16.0. The van der Waals surface area contributed by atoms with Gasteiger partial charge in [-0.25, -0.2) is 13.1 Å². The first-order valence-corrected chi connectivity index (χ1v) is 12.2. The maximum Gasteiger partial charge on any atom is 0.240 e. The maximum absolute atomic E-state index is 12.4. The lowest BCUT2D eigenvalue weighted by atomic mass is 10.1. The average molecular weight is 457 g/mol. The van der Waals surface area contributed by atoms with Crippen molar-refractivity contribution in [2.75, 3.05) is 0 Å². The molecule has 0 amide bonds. The van der Waals surface area contributed by atoms with E-state index in [4.69, 9.17) is 5.10 Å². The summed E-state index contributed by atoms with van der Waals surface area (Å²) in [5, 5.41) is 14.4. The molecule has 5 aromatic rings. The number of aromatic nitrogens is 5. The molecule has 0 saturated heterocycles. The minimum atomic E-state index is -3.48. The molecule has 9 heteroatoms. The van der Waals surface area contributed by atoms with Crippen molar-refractivity contribution in [3.05, 3.63) is 84.3 Å². The Morgan fingerprint density at radius 1 is 0.970 bits per heavy atom. The SMILES string of the molecule is O=S(=O)(NC1CC1)c1ccc(-c2ccc3nnc(Cc4ccc5ncccc5c4)n3n2)cc1. The molecule has 1 saturated carbocycles. The van der Waals surface area contributed by atoms with Gasteiger partial charge in [-0.05, 0) is 60.9 Å². The van der Waals surface area contributed by atoms with Crippen molar-refractivity contribution in [3.8, 4) is 11.3 Å². The Balaban J connectivity index is 1.30. The Kier molecular flexibility index (Phi) is 4.67. The number of pyridine rings is 1. The standard InChI is InChI=1S/C24H20N6O2S/c31-33(32,29-19-6-7-19)20-8-4-17(5-9-20)22-11-12-23-26-27-24(30(23)28-22)15-16-3-10-21-18(14-16)2-1-13-25-21/h1-5,8-14,19,29H,6-7,15H2. The summed E-state index contributed by atoms with van der Waals surface area (Å²) >= 11 is 0. The molecule has 0 bridgehead atoms. The lowest BCUT2D eigenvalue weighted by Gasteiger charge is -2.07. The van der Waals surface area contributed by atoms with Crippen LogP contribution in [0.3, 0.4) is 0 Å². The Bertz CT molecular complexity index is 1590. The van der Waals surface area contributed by atoms with E-state index in [9.17, 15) is 8.42 Å². The van der Waals surface area contributed by atoms with E-state index in [1.54, 1.807) is 35.0 Å². The molecule has 1 aliphatic carbocycles. The van der Waals surface area contributed by atoms with Gasteiger partial charge in [0, 0.05) is 29.6 Å². The third-order valence-corrected chi connectivity index (χ3v) is 7.25.